The maximum absolute atomic E-state index is 5.55. The molecule has 0 aliphatic carbocycles. The average molecular weight is 220 g/mol. The molecule has 0 bridgehead atoms. The molecule has 4 nitrogen and oxygen atoms in total. The summed E-state index contributed by atoms with van der Waals surface area (Å²) in [5.41, 5.74) is 2.82. The molecular formula is C12H16N2O2. The van der Waals surface area contributed by atoms with Gasteiger partial charge in [0.05, 0.1) is 6.61 Å². The monoisotopic (exact) mass is 220 g/mol. The minimum Gasteiger partial charge on any atom is -0.443 e. The molecule has 0 atom stereocenters. The van der Waals surface area contributed by atoms with Crippen molar-refractivity contribution >= 4 is 11.1 Å². The number of hydrogen-bond acceptors (Lipinski definition) is 4. The number of rotatable bonds is 6. The van der Waals surface area contributed by atoms with E-state index in [2.05, 4.69) is 10.3 Å². The quantitative estimate of drug-likeness (QED) is 0.756. The molecule has 4 heteroatoms. The zero-order valence-corrected chi connectivity index (χ0v) is 9.40. The Kier molecular flexibility index (Phi) is 3.91. The maximum Gasteiger partial charge on any atom is 0.181 e. The third-order valence-corrected chi connectivity index (χ3v) is 2.38. The minimum absolute atomic E-state index is 0.625. The van der Waals surface area contributed by atoms with Crippen molar-refractivity contribution < 1.29 is 9.15 Å². The van der Waals surface area contributed by atoms with E-state index >= 15 is 0 Å². The first kappa shape index (κ1) is 11.1. The molecule has 1 N–H and O–H groups in total. The average Bonchev–Trinajstić information content (AvgIpc) is 2.76. The second-order valence-electron chi connectivity index (χ2n) is 3.66. The molecule has 0 aliphatic heterocycles. The van der Waals surface area contributed by atoms with Crippen molar-refractivity contribution in [2.24, 2.45) is 0 Å². The Balaban J connectivity index is 1.84. The van der Waals surface area contributed by atoms with Gasteiger partial charge in [0.25, 0.3) is 0 Å². The molecule has 0 aliphatic rings. The Morgan fingerprint density at radius 1 is 1.44 bits per heavy atom. The summed E-state index contributed by atoms with van der Waals surface area (Å²) >= 11 is 0. The van der Waals surface area contributed by atoms with Crippen LogP contribution in [-0.4, -0.2) is 25.2 Å². The molecule has 0 saturated carbocycles. The summed E-state index contributed by atoms with van der Waals surface area (Å²) in [4.78, 5) is 4.06. The number of benzene rings is 1. The maximum atomic E-state index is 5.55. The predicted molar refractivity (Wildman–Crippen MR) is 62.2 cm³/mol. The normalized spacial score (nSPS) is 11.1. The summed E-state index contributed by atoms with van der Waals surface area (Å²) in [7, 11) is 1.94. The van der Waals surface area contributed by atoms with E-state index in [4.69, 9.17) is 9.15 Å². The van der Waals surface area contributed by atoms with Crippen LogP contribution in [0.5, 0.6) is 0 Å². The van der Waals surface area contributed by atoms with E-state index in [0.29, 0.717) is 6.61 Å². The predicted octanol–water partition coefficient (Wildman–Crippen LogP) is 1.95. The fourth-order valence-corrected chi connectivity index (χ4v) is 1.53. The van der Waals surface area contributed by atoms with Gasteiger partial charge in [-0.2, -0.15) is 0 Å². The summed E-state index contributed by atoms with van der Waals surface area (Å²) in [6.45, 7) is 2.39. The van der Waals surface area contributed by atoms with Crippen LogP contribution in [0.1, 0.15) is 12.0 Å². The van der Waals surface area contributed by atoms with Crippen LogP contribution in [0.25, 0.3) is 11.1 Å². The van der Waals surface area contributed by atoms with Crippen LogP contribution >= 0.6 is 0 Å². The molecule has 1 aromatic heterocycles. The summed E-state index contributed by atoms with van der Waals surface area (Å²) in [6, 6.07) is 5.94. The van der Waals surface area contributed by atoms with Crippen LogP contribution < -0.4 is 5.32 Å². The largest absolute Gasteiger partial charge is 0.443 e. The highest BCUT2D eigenvalue weighted by atomic mass is 16.5. The smallest absolute Gasteiger partial charge is 0.181 e. The first-order valence-corrected chi connectivity index (χ1v) is 5.44. The Bertz CT molecular complexity index is 439. The first-order chi connectivity index (χ1) is 7.90. The molecule has 0 amide bonds. The van der Waals surface area contributed by atoms with Crippen LogP contribution in [0.15, 0.2) is 29.0 Å². The number of hydrogen-bond donors (Lipinski definition) is 1. The van der Waals surface area contributed by atoms with Gasteiger partial charge in [0, 0.05) is 6.61 Å². The van der Waals surface area contributed by atoms with Gasteiger partial charge >= 0.3 is 0 Å². The van der Waals surface area contributed by atoms with Crippen molar-refractivity contribution in [1.82, 2.24) is 10.3 Å². The van der Waals surface area contributed by atoms with Crippen LogP contribution in [0.2, 0.25) is 0 Å². The third kappa shape index (κ3) is 2.81. The lowest BCUT2D eigenvalue weighted by atomic mass is 10.2. The molecule has 0 unspecified atom stereocenters. The fraction of sp³-hybridized carbons (Fsp3) is 0.417. The lowest BCUT2D eigenvalue weighted by molar-refractivity contribution is 0.119. The molecule has 86 valence electrons. The van der Waals surface area contributed by atoms with Crippen LogP contribution in [-0.2, 0) is 11.3 Å². The Morgan fingerprint density at radius 3 is 3.25 bits per heavy atom. The van der Waals surface area contributed by atoms with E-state index in [-0.39, 0.29) is 0 Å². The van der Waals surface area contributed by atoms with Crippen LogP contribution in [0.4, 0.5) is 0 Å². The summed E-state index contributed by atoms with van der Waals surface area (Å²) in [6.07, 6.45) is 2.49. The summed E-state index contributed by atoms with van der Waals surface area (Å²) < 4.78 is 10.8. The van der Waals surface area contributed by atoms with Gasteiger partial charge < -0.3 is 14.5 Å². The van der Waals surface area contributed by atoms with Crippen LogP contribution in [0.3, 0.4) is 0 Å². The molecule has 0 fully saturated rings. The van der Waals surface area contributed by atoms with E-state index in [1.807, 2.05) is 25.2 Å². The van der Waals surface area contributed by atoms with Gasteiger partial charge in [-0.3, -0.25) is 0 Å². The Morgan fingerprint density at radius 2 is 2.38 bits per heavy atom. The van der Waals surface area contributed by atoms with Gasteiger partial charge in [0.1, 0.15) is 5.52 Å². The van der Waals surface area contributed by atoms with E-state index in [1.54, 1.807) is 0 Å². The molecule has 0 spiro atoms. The lowest BCUT2D eigenvalue weighted by Gasteiger charge is -2.03. The molecule has 1 aromatic carbocycles. The molecule has 2 aromatic rings. The van der Waals surface area contributed by atoms with Crippen molar-refractivity contribution in [3.8, 4) is 0 Å². The van der Waals surface area contributed by atoms with Gasteiger partial charge in [0.15, 0.2) is 12.0 Å². The minimum atomic E-state index is 0.625. The molecule has 2 rings (SSSR count). The zero-order chi connectivity index (χ0) is 11.2. The number of nitrogens with one attached hydrogen (secondary N) is 1. The van der Waals surface area contributed by atoms with Gasteiger partial charge in [-0.25, -0.2) is 4.98 Å². The van der Waals surface area contributed by atoms with E-state index in [0.717, 1.165) is 36.2 Å². The Hall–Kier alpha value is -1.39. The van der Waals surface area contributed by atoms with Crippen LogP contribution in [0, 0.1) is 0 Å². The van der Waals surface area contributed by atoms with Gasteiger partial charge in [0.2, 0.25) is 0 Å². The zero-order valence-electron chi connectivity index (χ0n) is 9.40. The van der Waals surface area contributed by atoms with E-state index in [1.165, 1.54) is 6.39 Å². The standard InChI is InChI=1S/C12H16N2O2/c1-13-5-2-6-15-8-10-3-4-11-12(7-10)16-9-14-11/h3-4,7,9,13H,2,5-6,8H2,1H3. The molecule has 0 saturated heterocycles. The number of ether oxygens (including phenoxy) is 1. The fourth-order valence-electron chi connectivity index (χ4n) is 1.53. The number of fused-ring (bicyclic) bond motifs is 1. The van der Waals surface area contributed by atoms with Gasteiger partial charge in [-0.05, 0) is 37.7 Å². The molecule has 16 heavy (non-hydrogen) atoms. The highest BCUT2D eigenvalue weighted by molar-refractivity contribution is 5.72. The van der Waals surface area contributed by atoms with Gasteiger partial charge in [-0.1, -0.05) is 6.07 Å². The SMILES string of the molecule is CNCCCOCc1ccc2ncoc2c1. The second kappa shape index (κ2) is 5.63. The van der Waals surface area contributed by atoms with E-state index in [9.17, 15) is 0 Å². The number of oxazole rings is 1. The summed E-state index contributed by atoms with van der Waals surface area (Å²) in [5.74, 6) is 0. The van der Waals surface area contributed by atoms with E-state index < -0.39 is 0 Å². The second-order valence-corrected chi connectivity index (χ2v) is 3.66. The summed E-state index contributed by atoms with van der Waals surface area (Å²) in [5, 5.41) is 3.08. The van der Waals surface area contributed by atoms with Crippen molar-refractivity contribution in [3.05, 3.63) is 30.2 Å². The molecule has 0 radical (unpaired) electrons. The van der Waals surface area contributed by atoms with Crippen molar-refractivity contribution in [2.75, 3.05) is 20.2 Å². The highest BCUT2D eigenvalue weighted by Crippen LogP contribution is 2.14. The van der Waals surface area contributed by atoms with Crippen molar-refractivity contribution in [2.45, 2.75) is 13.0 Å². The third-order valence-electron chi connectivity index (χ3n) is 2.38. The molecular weight excluding hydrogens is 204 g/mol. The lowest BCUT2D eigenvalue weighted by Crippen LogP contribution is -2.10. The Labute approximate surface area is 94.6 Å². The number of nitrogens with zero attached hydrogens (tertiary/aromatic N) is 1. The van der Waals surface area contributed by atoms with Crippen molar-refractivity contribution in [3.63, 3.8) is 0 Å². The van der Waals surface area contributed by atoms with Gasteiger partial charge in [-0.15, -0.1) is 0 Å². The molecule has 1 heterocycles. The van der Waals surface area contributed by atoms with Crippen molar-refractivity contribution in [1.29, 1.82) is 0 Å². The topological polar surface area (TPSA) is 47.3 Å². The highest BCUT2D eigenvalue weighted by Gasteiger charge is 2.00. The number of aromatic nitrogens is 1. The first-order valence-electron chi connectivity index (χ1n) is 5.44.